The van der Waals surface area contributed by atoms with E-state index in [1.54, 1.807) is 41.8 Å². The van der Waals surface area contributed by atoms with Gasteiger partial charge in [0.15, 0.2) is 12.4 Å². The van der Waals surface area contributed by atoms with Crippen LogP contribution in [0.3, 0.4) is 0 Å². The summed E-state index contributed by atoms with van der Waals surface area (Å²) in [5.74, 6) is 0.0410. The second kappa shape index (κ2) is 9.69. The molecule has 3 heterocycles. The summed E-state index contributed by atoms with van der Waals surface area (Å²) in [5, 5.41) is 0. The summed E-state index contributed by atoms with van der Waals surface area (Å²) in [4.78, 5) is 25.7. The fourth-order valence-corrected chi connectivity index (χ4v) is 3.93. The third-order valence-electron chi connectivity index (χ3n) is 5.80. The normalized spacial score (nSPS) is 10.9. The van der Waals surface area contributed by atoms with Crippen molar-refractivity contribution in [2.75, 3.05) is 14.2 Å². The summed E-state index contributed by atoms with van der Waals surface area (Å²) in [6, 6.07) is 16.8. The quantitative estimate of drug-likeness (QED) is 0.235. The van der Waals surface area contributed by atoms with Crippen molar-refractivity contribution in [2.24, 2.45) is 7.05 Å². The molecule has 3 aromatic heterocycles. The van der Waals surface area contributed by atoms with Crippen molar-refractivity contribution in [1.82, 2.24) is 4.40 Å². The Hall–Kier alpha value is -3.93. The Labute approximate surface area is 193 Å². The van der Waals surface area contributed by atoms with Gasteiger partial charge < -0.3 is 13.9 Å². The number of pyridine rings is 2. The van der Waals surface area contributed by atoms with Crippen LogP contribution >= 0.6 is 0 Å². The molecule has 4 rings (SSSR count). The average molecular weight is 444 g/mol. The minimum atomic E-state index is -0.462. The Balaban J connectivity index is 1.61. The Morgan fingerprint density at radius 2 is 1.61 bits per heavy atom. The Kier molecular flexibility index (Phi) is 6.54. The summed E-state index contributed by atoms with van der Waals surface area (Å²) in [6.45, 7) is 0. The number of hydrogen-bond donors (Lipinski definition) is 0. The van der Waals surface area contributed by atoms with Crippen molar-refractivity contribution in [3.8, 4) is 5.75 Å². The van der Waals surface area contributed by atoms with E-state index in [9.17, 15) is 9.59 Å². The number of hydrogen-bond acceptors (Lipinski definition) is 4. The lowest BCUT2D eigenvalue weighted by atomic mass is 10.0. The molecule has 0 saturated heterocycles. The molecular formula is C27H27N2O4+. The first-order valence-electron chi connectivity index (χ1n) is 10.9. The van der Waals surface area contributed by atoms with Gasteiger partial charge in [-0.2, -0.15) is 0 Å². The molecule has 33 heavy (non-hydrogen) atoms. The van der Waals surface area contributed by atoms with Crippen LogP contribution in [0.5, 0.6) is 5.75 Å². The van der Waals surface area contributed by atoms with Gasteiger partial charge in [0.05, 0.1) is 31.0 Å². The second-order valence-corrected chi connectivity index (χ2v) is 8.01. The summed E-state index contributed by atoms with van der Waals surface area (Å²) in [5.41, 5.74) is 4.39. The summed E-state index contributed by atoms with van der Waals surface area (Å²) in [6.07, 6.45) is 8.77. The number of fused-ring (bicyclic) bond motifs is 1. The maximum Gasteiger partial charge on any atom is 0.340 e. The molecule has 0 spiro atoms. The summed E-state index contributed by atoms with van der Waals surface area (Å²) in [7, 11) is 4.93. The Bertz CT molecular complexity index is 1290. The third kappa shape index (κ3) is 4.80. The molecule has 0 aliphatic carbocycles. The number of carbonyl (C=O) groups excluding carboxylic acids is 2. The van der Waals surface area contributed by atoms with Crippen LogP contribution in [0, 0.1) is 0 Å². The maximum absolute atomic E-state index is 13.2. The van der Waals surface area contributed by atoms with Crippen molar-refractivity contribution in [3.05, 3.63) is 101 Å². The number of aromatic nitrogens is 2. The van der Waals surface area contributed by atoms with Gasteiger partial charge in [0, 0.05) is 23.9 Å². The standard InChI is InChI=1S/C27H27N2O4/c1-28-14-11-19(12-15-28)5-4-6-20-13-16-29-24(17-20)23(27(31)33-3)18-25(29)26(30)21-7-9-22(32-2)10-8-21/h7-18H,4-6H2,1-3H3/q+1. The van der Waals surface area contributed by atoms with Crippen molar-refractivity contribution < 1.29 is 23.6 Å². The van der Waals surface area contributed by atoms with E-state index in [-0.39, 0.29) is 5.78 Å². The van der Waals surface area contributed by atoms with Gasteiger partial charge in [0.25, 0.3) is 0 Å². The lowest BCUT2D eigenvalue weighted by Gasteiger charge is -2.07. The van der Waals surface area contributed by atoms with E-state index in [2.05, 4.69) is 12.1 Å². The number of aryl methyl sites for hydroxylation is 3. The van der Waals surface area contributed by atoms with Gasteiger partial charge in [0.1, 0.15) is 12.8 Å². The van der Waals surface area contributed by atoms with Crippen LogP contribution in [0.25, 0.3) is 5.52 Å². The molecule has 0 N–H and O–H groups in total. The zero-order valence-corrected chi connectivity index (χ0v) is 19.1. The molecule has 0 fully saturated rings. The van der Waals surface area contributed by atoms with Gasteiger partial charge in [-0.25, -0.2) is 9.36 Å². The van der Waals surface area contributed by atoms with Gasteiger partial charge in [0.2, 0.25) is 5.78 Å². The molecule has 0 saturated carbocycles. The number of nitrogens with zero attached hydrogens (tertiary/aromatic N) is 2. The monoisotopic (exact) mass is 443 g/mol. The molecule has 6 nitrogen and oxygen atoms in total. The fraction of sp³-hybridized carbons (Fsp3) is 0.222. The number of ketones is 1. The van der Waals surface area contributed by atoms with E-state index in [4.69, 9.17) is 9.47 Å². The first-order chi connectivity index (χ1) is 16.0. The van der Waals surface area contributed by atoms with Crippen LogP contribution in [0.2, 0.25) is 0 Å². The molecule has 0 unspecified atom stereocenters. The van der Waals surface area contributed by atoms with Crippen LogP contribution in [-0.4, -0.2) is 30.4 Å². The van der Waals surface area contributed by atoms with Crippen molar-refractivity contribution in [1.29, 1.82) is 0 Å². The first-order valence-corrected chi connectivity index (χ1v) is 10.9. The molecule has 4 aromatic rings. The fourth-order valence-electron chi connectivity index (χ4n) is 3.93. The minimum absolute atomic E-state index is 0.173. The van der Waals surface area contributed by atoms with Crippen molar-refractivity contribution in [2.45, 2.75) is 19.3 Å². The van der Waals surface area contributed by atoms with Gasteiger partial charge in [-0.15, -0.1) is 0 Å². The van der Waals surface area contributed by atoms with E-state index in [1.165, 1.54) is 12.7 Å². The molecule has 0 bridgehead atoms. The van der Waals surface area contributed by atoms with Gasteiger partial charge in [-0.1, -0.05) is 0 Å². The molecular weight excluding hydrogens is 416 g/mol. The van der Waals surface area contributed by atoms with Crippen LogP contribution < -0.4 is 9.30 Å². The molecule has 6 heteroatoms. The Morgan fingerprint density at radius 3 is 2.27 bits per heavy atom. The third-order valence-corrected chi connectivity index (χ3v) is 5.80. The van der Waals surface area contributed by atoms with E-state index in [1.807, 2.05) is 42.3 Å². The van der Waals surface area contributed by atoms with Crippen LogP contribution in [-0.2, 0) is 24.6 Å². The number of carbonyl (C=O) groups is 2. The molecule has 0 radical (unpaired) electrons. The number of ether oxygens (including phenoxy) is 2. The average Bonchev–Trinajstić information content (AvgIpc) is 3.23. The maximum atomic E-state index is 13.2. The minimum Gasteiger partial charge on any atom is -0.497 e. The lowest BCUT2D eigenvalue weighted by molar-refractivity contribution is -0.671. The number of methoxy groups -OCH3 is 2. The molecule has 0 aliphatic rings. The van der Waals surface area contributed by atoms with Gasteiger partial charge >= 0.3 is 5.97 Å². The summed E-state index contributed by atoms with van der Waals surface area (Å²) >= 11 is 0. The predicted molar refractivity (Wildman–Crippen MR) is 125 cm³/mol. The van der Waals surface area contributed by atoms with Gasteiger partial charge in [-0.3, -0.25) is 4.79 Å². The lowest BCUT2D eigenvalue weighted by Crippen LogP contribution is -2.25. The highest BCUT2D eigenvalue weighted by atomic mass is 16.5. The molecule has 0 atom stereocenters. The number of benzene rings is 1. The predicted octanol–water partition coefficient (Wildman–Crippen LogP) is 3.97. The molecule has 0 amide bonds. The highest BCUT2D eigenvalue weighted by molar-refractivity contribution is 6.11. The van der Waals surface area contributed by atoms with Crippen LogP contribution in [0.4, 0.5) is 0 Å². The van der Waals surface area contributed by atoms with E-state index >= 15 is 0 Å². The van der Waals surface area contributed by atoms with E-state index in [0.717, 1.165) is 24.8 Å². The number of esters is 1. The Morgan fingerprint density at radius 1 is 0.909 bits per heavy atom. The van der Waals surface area contributed by atoms with Gasteiger partial charge in [-0.05, 0) is 72.9 Å². The number of rotatable bonds is 8. The van der Waals surface area contributed by atoms with Crippen molar-refractivity contribution in [3.63, 3.8) is 0 Å². The largest absolute Gasteiger partial charge is 0.497 e. The SMILES string of the molecule is COC(=O)c1cc(C(=O)c2ccc(OC)cc2)n2ccc(CCCc3cc[n+](C)cc3)cc12. The summed E-state index contributed by atoms with van der Waals surface area (Å²) < 4.78 is 13.9. The topological polar surface area (TPSA) is 60.9 Å². The highest BCUT2D eigenvalue weighted by Crippen LogP contribution is 2.23. The van der Waals surface area contributed by atoms with Crippen molar-refractivity contribution >= 4 is 17.3 Å². The first kappa shape index (κ1) is 22.3. The zero-order valence-electron chi connectivity index (χ0n) is 19.1. The highest BCUT2D eigenvalue weighted by Gasteiger charge is 2.21. The molecule has 1 aromatic carbocycles. The van der Waals surface area contributed by atoms with Crippen LogP contribution in [0.1, 0.15) is 44.0 Å². The van der Waals surface area contributed by atoms with E-state index in [0.29, 0.717) is 28.1 Å². The smallest absolute Gasteiger partial charge is 0.340 e. The second-order valence-electron chi connectivity index (χ2n) is 8.01. The van der Waals surface area contributed by atoms with Crippen LogP contribution in [0.15, 0.2) is 73.2 Å². The molecule has 168 valence electrons. The molecule has 0 aliphatic heterocycles. The van der Waals surface area contributed by atoms with E-state index < -0.39 is 5.97 Å². The zero-order chi connectivity index (χ0) is 23.4.